The third-order valence-electron chi connectivity index (χ3n) is 4.04. The number of nitrogens with two attached hydrogens (primary N) is 1. The fraction of sp³-hybridized carbons (Fsp3) is 0.750. The first kappa shape index (κ1) is 12.2. The van der Waals surface area contributed by atoms with E-state index in [9.17, 15) is 8.42 Å². The maximum atomic E-state index is 11.4. The Morgan fingerprint density at radius 1 is 1.28 bits per heavy atom. The van der Waals surface area contributed by atoms with Gasteiger partial charge in [-0.05, 0) is 19.3 Å². The number of sulfone groups is 1. The quantitative estimate of drug-likeness (QED) is 0.803. The van der Waals surface area contributed by atoms with E-state index in [0.29, 0.717) is 30.3 Å². The van der Waals surface area contributed by atoms with Gasteiger partial charge >= 0.3 is 0 Å². The topological polar surface area (TPSA) is 78.0 Å². The zero-order chi connectivity index (χ0) is 12.8. The van der Waals surface area contributed by atoms with E-state index in [1.54, 1.807) is 0 Å². The van der Waals surface area contributed by atoms with Gasteiger partial charge in [-0.15, -0.1) is 0 Å². The second-order valence-electron chi connectivity index (χ2n) is 5.45. The number of aryl methyl sites for hydroxylation is 1. The molecule has 2 N–H and O–H groups in total. The predicted molar refractivity (Wildman–Crippen MR) is 69.2 cm³/mol. The molecular formula is C12H19N3O2S. The van der Waals surface area contributed by atoms with Crippen LogP contribution in [-0.2, 0) is 22.8 Å². The average molecular weight is 269 g/mol. The van der Waals surface area contributed by atoms with E-state index in [4.69, 9.17) is 5.73 Å². The van der Waals surface area contributed by atoms with Gasteiger partial charge in [0.25, 0.3) is 0 Å². The Kier molecular flexibility index (Phi) is 2.94. The zero-order valence-electron chi connectivity index (χ0n) is 10.4. The number of fused-ring (bicyclic) bond motifs is 1. The SMILES string of the molecule is NC1CCn2cc(C3CCS(=O)(=O)CC3)nc2C1. The molecule has 1 unspecified atom stereocenters. The van der Waals surface area contributed by atoms with Crippen LogP contribution >= 0.6 is 0 Å². The third-order valence-corrected chi connectivity index (χ3v) is 5.75. The molecule has 1 saturated heterocycles. The van der Waals surface area contributed by atoms with E-state index >= 15 is 0 Å². The predicted octanol–water partition coefficient (Wildman–Crippen LogP) is 0.449. The van der Waals surface area contributed by atoms with Crippen LogP contribution in [0.15, 0.2) is 6.20 Å². The summed E-state index contributed by atoms with van der Waals surface area (Å²) in [4.78, 5) is 4.66. The molecule has 6 heteroatoms. The van der Waals surface area contributed by atoms with E-state index in [0.717, 1.165) is 30.9 Å². The number of imidazole rings is 1. The van der Waals surface area contributed by atoms with Gasteiger partial charge in [-0.3, -0.25) is 0 Å². The Hall–Kier alpha value is -0.880. The molecule has 0 aromatic carbocycles. The van der Waals surface area contributed by atoms with E-state index in [-0.39, 0.29) is 6.04 Å². The first-order valence-electron chi connectivity index (χ1n) is 6.55. The van der Waals surface area contributed by atoms with Gasteiger partial charge in [-0.2, -0.15) is 0 Å². The molecule has 0 aliphatic carbocycles. The summed E-state index contributed by atoms with van der Waals surface area (Å²) in [5.74, 6) is 1.98. The molecule has 1 atom stereocenters. The molecule has 3 heterocycles. The van der Waals surface area contributed by atoms with Gasteiger partial charge in [0.2, 0.25) is 0 Å². The molecule has 1 aromatic heterocycles. The Bertz CT molecular complexity index is 536. The van der Waals surface area contributed by atoms with E-state index in [2.05, 4.69) is 15.7 Å². The normalized spacial score (nSPS) is 27.9. The van der Waals surface area contributed by atoms with Crippen molar-refractivity contribution >= 4 is 9.84 Å². The smallest absolute Gasteiger partial charge is 0.150 e. The lowest BCUT2D eigenvalue weighted by molar-refractivity contribution is 0.463. The Morgan fingerprint density at radius 2 is 2.00 bits per heavy atom. The van der Waals surface area contributed by atoms with Crippen LogP contribution in [0, 0.1) is 0 Å². The minimum absolute atomic E-state index is 0.222. The van der Waals surface area contributed by atoms with Crippen molar-refractivity contribution in [3.05, 3.63) is 17.7 Å². The van der Waals surface area contributed by atoms with E-state index in [1.807, 2.05) is 0 Å². The maximum absolute atomic E-state index is 11.4. The lowest BCUT2D eigenvalue weighted by atomic mass is 10.00. The first-order valence-corrected chi connectivity index (χ1v) is 8.37. The highest BCUT2D eigenvalue weighted by Gasteiger charge is 2.28. The van der Waals surface area contributed by atoms with Crippen LogP contribution < -0.4 is 5.73 Å². The number of hydrogen-bond acceptors (Lipinski definition) is 4. The number of nitrogens with zero attached hydrogens (tertiary/aromatic N) is 2. The van der Waals surface area contributed by atoms with Gasteiger partial charge in [0, 0.05) is 31.1 Å². The van der Waals surface area contributed by atoms with Crippen molar-refractivity contribution in [2.75, 3.05) is 11.5 Å². The van der Waals surface area contributed by atoms with Crippen molar-refractivity contribution in [3.8, 4) is 0 Å². The highest BCUT2D eigenvalue weighted by molar-refractivity contribution is 7.91. The van der Waals surface area contributed by atoms with Crippen LogP contribution in [0.1, 0.15) is 36.7 Å². The lowest BCUT2D eigenvalue weighted by Gasteiger charge is -2.19. The molecule has 1 aromatic rings. The zero-order valence-corrected chi connectivity index (χ0v) is 11.2. The van der Waals surface area contributed by atoms with Gasteiger partial charge in [0.05, 0.1) is 17.2 Å². The second kappa shape index (κ2) is 4.35. The number of rotatable bonds is 1. The standard InChI is InChI=1S/C12H19N3O2S/c13-10-1-4-15-8-11(14-12(15)7-10)9-2-5-18(16,17)6-3-9/h8-10H,1-7,13H2. The Labute approximate surface area is 107 Å². The third kappa shape index (κ3) is 2.31. The molecule has 2 aliphatic heterocycles. The molecule has 100 valence electrons. The summed E-state index contributed by atoms with van der Waals surface area (Å²) in [7, 11) is -2.79. The molecule has 18 heavy (non-hydrogen) atoms. The van der Waals surface area contributed by atoms with E-state index < -0.39 is 9.84 Å². The molecule has 0 saturated carbocycles. The molecule has 1 fully saturated rings. The summed E-state index contributed by atoms with van der Waals surface area (Å²) in [5.41, 5.74) is 7.00. The van der Waals surface area contributed by atoms with Gasteiger partial charge in [-0.25, -0.2) is 13.4 Å². The Morgan fingerprint density at radius 3 is 2.72 bits per heavy atom. The van der Waals surface area contributed by atoms with Crippen molar-refractivity contribution in [2.24, 2.45) is 5.73 Å². The molecule has 0 bridgehead atoms. The molecule has 5 nitrogen and oxygen atoms in total. The monoisotopic (exact) mass is 269 g/mol. The average Bonchev–Trinajstić information content (AvgIpc) is 2.71. The molecule has 3 rings (SSSR count). The minimum atomic E-state index is -2.79. The second-order valence-corrected chi connectivity index (χ2v) is 7.76. The fourth-order valence-electron chi connectivity index (χ4n) is 2.86. The summed E-state index contributed by atoms with van der Waals surface area (Å²) in [6, 6.07) is 0.222. The minimum Gasteiger partial charge on any atom is -0.335 e. The van der Waals surface area contributed by atoms with Crippen molar-refractivity contribution in [3.63, 3.8) is 0 Å². The van der Waals surface area contributed by atoms with Crippen LogP contribution in [0.25, 0.3) is 0 Å². The highest BCUT2D eigenvalue weighted by atomic mass is 32.2. The fourth-order valence-corrected chi connectivity index (χ4v) is 4.35. The molecule has 0 radical (unpaired) electrons. The summed E-state index contributed by atoms with van der Waals surface area (Å²) in [6.45, 7) is 0.939. The number of hydrogen-bond donors (Lipinski definition) is 1. The van der Waals surface area contributed by atoms with Gasteiger partial charge < -0.3 is 10.3 Å². The van der Waals surface area contributed by atoms with Gasteiger partial charge in [-0.1, -0.05) is 0 Å². The van der Waals surface area contributed by atoms with Gasteiger partial charge in [0.15, 0.2) is 0 Å². The highest BCUT2D eigenvalue weighted by Crippen LogP contribution is 2.29. The lowest BCUT2D eigenvalue weighted by Crippen LogP contribution is -2.30. The molecular weight excluding hydrogens is 250 g/mol. The first-order chi connectivity index (χ1) is 8.53. The summed E-state index contributed by atoms with van der Waals surface area (Å²) in [5, 5.41) is 0. The summed E-state index contributed by atoms with van der Waals surface area (Å²) < 4.78 is 25.0. The molecule has 0 amide bonds. The molecule has 0 spiro atoms. The van der Waals surface area contributed by atoms with E-state index in [1.165, 1.54) is 0 Å². The molecule has 2 aliphatic rings. The largest absolute Gasteiger partial charge is 0.335 e. The summed E-state index contributed by atoms with van der Waals surface area (Å²) in [6.07, 6.45) is 5.37. The van der Waals surface area contributed by atoms with Crippen molar-refractivity contribution in [1.29, 1.82) is 0 Å². The van der Waals surface area contributed by atoms with Crippen LogP contribution in [0.4, 0.5) is 0 Å². The van der Waals surface area contributed by atoms with Crippen LogP contribution in [0.2, 0.25) is 0 Å². The summed E-state index contributed by atoms with van der Waals surface area (Å²) >= 11 is 0. The van der Waals surface area contributed by atoms with Crippen LogP contribution in [0.5, 0.6) is 0 Å². The van der Waals surface area contributed by atoms with Crippen molar-refractivity contribution in [1.82, 2.24) is 9.55 Å². The maximum Gasteiger partial charge on any atom is 0.150 e. The Balaban J connectivity index is 1.78. The van der Waals surface area contributed by atoms with Gasteiger partial charge in [0.1, 0.15) is 15.7 Å². The van der Waals surface area contributed by atoms with Crippen LogP contribution in [-0.4, -0.2) is 35.5 Å². The number of aromatic nitrogens is 2. The van der Waals surface area contributed by atoms with Crippen molar-refractivity contribution in [2.45, 2.75) is 44.2 Å². The van der Waals surface area contributed by atoms with Crippen molar-refractivity contribution < 1.29 is 8.42 Å². The van der Waals surface area contributed by atoms with Crippen LogP contribution in [0.3, 0.4) is 0 Å².